The molecule has 0 spiro atoms. The number of carboxylic acids is 1. The lowest BCUT2D eigenvalue weighted by atomic mass is 9.75. The van der Waals surface area contributed by atoms with Crippen LogP contribution in [0.3, 0.4) is 0 Å². The standard InChI is InChI=1S/C10H20O5/c11-6-3-10(4-7-12,5-8-13)2-1-9(14)15/h11-13H,1-8H2,(H,14,15). The number of aliphatic hydroxyl groups excluding tert-OH is 3. The van der Waals surface area contributed by atoms with E-state index in [1.807, 2.05) is 0 Å². The summed E-state index contributed by atoms with van der Waals surface area (Å²) in [7, 11) is 0. The van der Waals surface area contributed by atoms with E-state index in [-0.39, 0.29) is 26.2 Å². The molecule has 0 aliphatic carbocycles. The number of hydrogen-bond donors (Lipinski definition) is 4. The van der Waals surface area contributed by atoms with Gasteiger partial charge in [-0.2, -0.15) is 0 Å². The largest absolute Gasteiger partial charge is 0.481 e. The maximum atomic E-state index is 10.5. The minimum Gasteiger partial charge on any atom is -0.481 e. The van der Waals surface area contributed by atoms with Crippen LogP contribution >= 0.6 is 0 Å². The summed E-state index contributed by atoms with van der Waals surface area (Å²) in [5.41, 5.74) is -0.448. The van der Waals surface area contributed by atoms with Gasteiger partial charge in [0, 0.05) is 26.2 Å². The second kappa shape index (κ2) is 7.62. The second-order valence-electron chi connectivity index (χ2n) is 3.81. The second-order valence-corrected chi connectivity index (χ2v) is 3.81. The van der Waals surface area contributed by atoms with Gasteiger partial charge in [-0.25, -0.2) is 0 Å². The van der Waals surface area contributed by atoms with Crippen LogP contribution in [0.5, 0.6) is 0 Å². The van der Waals surface area contributed by atoms with Gasteiger partial charge < -0.3 is 20.4 Å². The van der Waals surface area contributed by atoms with Crippen LogP contribution in [0.25, 0.3) is 0 Å². The molecule has 5 heteroatoms. The number of rotatable bonds is 9. The summed E-state index contributed by atoms with van der Waals surface area (Å²) in [6.45, 7) is -0.168. The Morgan fingerprint density at radius 3 is 1.53 bits per heavy atom. The van der Waals surface area contributed by atoms with Crippen molar-refractivity contribution < 1.29 is 25.2 Å². The first-order valence-electron chi connectivity index (χ1n) is 5.14. The molecule has 15 heavy (non-hydrogen) atoms. The summed E-state index contributed by atoms with van der Waals surface area (Å²) in [5, 5.41) is 35.3. The minimum atomic E-state index is -0.895. The maximum absolute atomic E-state index is 10.5. The van der Waals surface area contributed by atoms with E-state index in [9.17, 15) is 4.79 Å². The lowest BCUT2D eigenvalue weighted by Crippen LogP contribution is -2.26. The molecule has 4 N–H and O–H groups in total. The van der Waals surface area contributed by atoms with Gasteiger partial charge in [0.05, 0.1) is 0 Å². The fraction of sp³-hybridized carbons (Fsp3) is 0.900. The average molecular weight is 220 g/mol. The lowest BCUT2D eigenvalue weighted by Gasteiger charge is -2.32. The SMILES string of the molecule is O=C(O)CCC(CCO)(CCO)CCO. The molecule has 0 radical (unpaired) electrons. The van der Waals surface area contributed by atoms with Crippen LogP contribution in [0.4, 0.5) is 0 Å². The molecule has 5 nitrogen and oxygen atoms in total. The Labute approximate surface area is 89.4 Å². The Bertz CT molecular complexity index is 164. The highest BCUT2D eigenvalue weighted by molar-refractivity contribution is 5.66. The van der Waals surface area contributed by atoms with Crippen molar-refractivity contribution in [3.05, 3.63) is 0 Å². The molecular weight excluding hydrogens is 200 g/mol. The Balaban J connectivity index is 4.37. The van der Waals surface area contributed by atoms with Crippen molar-refractivity contribution in [2.24, 2.45) is 5.41 Å². The quantitative estimate of drug-likeness (QED) is 0.438. The van der Waals surface area contributed by atoms with Crippen molar-refractivity contribution in [2.45, 2.75) is 32.1 Å². The zero-order valence-corrected chi connectivity index (χ0v) is 8.85. The molecule has 0 amide bonds. The molecule has 0 aromatic carbocycles. The molecule has 0 saturated carbocycles. The molecule has 0 atom stereocenters. The van der Waals surface area contributed by atoms with Crippen LogP contribution in [-0.2, 0) is 4.79 Å². The summed E-state index contributed by atoms with van der Waals surface area (Å²) < 4.78 is 0. The molecule has 90 valence electrons. The van der Waals surface area contributed by atoms with Gasteiger partial charge in [0.2, 0.25) is 0 Å². The predicted octanol–water partition coefficient (Wildman–Crippen LogP) is -0.0152. The number of hydrogen-bond acceptors (Lipinski definition) is 4. The Hall–Kier alpha value is -0.650. The summed E-state index contributed by atoms with van der Waals surface area (Å²) in [5.74, 6) is -0.895. The maximum Gasteiger partial charge on any atom is 0.303 e. The van der Waals surface area contributed by atoms with Gasteiger partial charge in [-0.15, -0.1) is 0 Å². The zero-order valence-electron chi connectivity index (χ0n) is 8.85. The molecule has 0 aromatic rings. The van der Waals surface area contributed by atoms with Crippen molar-refractivity contribution >= 4 is 5.97 Å². The van der Waals surface area contributed by atoms with Gasteiger partial charge in [0.1, 0.15) is 0 Å². The van der Waals surface area contributed by atoms with Gasteiger partial charge in [-0.3, -0.25) is 4.79 Å². The van der Waals surface area contributed by atoms with E-state index in [0.717, 1.165) is 0 Å². The van der Waals surface area contributed by atoms with Crippen LogP contribution in [0.2, 0.25) is 0 Å². The first-order valence-corrected chi connectivity index (χ1v) is 5.14. The summed E-state index contributed by atoms with van der Waals surface area (Å²) in [4.78, 5) is 10.5. The van der Waals surface area contributed by atoms with Gasteiger partial charge >= 0.3 is 5.97 Å². The molecule has 0 fully saturated rings. The number of carbonyl (C=O) groups is 1. The van der Waals surface area contributed by atoms with E-state index in [1.165, 1.54) is 0 Å². The van der Waals surface area contributed by atoms with Crippen molar-refractivity contribution in [1.82, 2.24) is 0 Å². The molecule has 0 bridgehead atoms. The average Bonchev–Trinajstić information content (AvgIpc) is 2.16. The van der Waals surface area contributed by atoms with Crippen LogP contribution in [-0.4, -0.2) is 46.2 Å². The van der Waals surface area contributed by atoms with E-state index >= 15 is 0 Å². The number of aliphatic hydroxyl groups is 3. The molecule has 0 aromatic heterocycles. The smallest absolute Gasteiger partial charge is 0.303 e. The van der Waals surface area contributed by atoms with Crippen molar-refractivity contribution in [1.29, 1.82) is 0 Å². The molecule has 0 aliphatic heterocycles. The van der Waals surface area contributed by atoms with Crippen LogP contribution in [0.1, 0.15) is 32.1 Å². The third kappa shape index (κ3) is 5.71. The first kappa shape index (κ1) is 14.3. The van der Waals surface area contributed by atoms with Gasteiger partial charge in [0.15, 0.2) is 0 Å². The van der Waals surface area contributed by atoms with Gasteiger partial charge in [0.25, 0.3) is 0 Å². The van der Waals surface area contributed by atoms with E-state index in [1.54, 1.807) is 0 Å². The summed E-state index contributed by atoms with van der Waals surface area (Å²) >= 11 is 0. The Kier molecular flexibility index (Phi) is 7.29. The lowest BCUT2D eigenvalue weighted by molar-refractivity contribution is -0.138. The molecule has 0 heterocycles. The van der Waals surface area contributed by atoms with Crippen LogP contribution < -0.4 is 0 Å². The van der Waals surface area contributed by atoms with Gasteiger partial charge in [-0.1, -0.05) is 0 Å². The fourth-order valence-electron chi connectivity index (χ4n) is 1.83. The minimum absolute atomic E-state index is 0.000000000000000222. The van der Waals surface area contributed by atoms with E-state index in [4.69, 9.17) is 20.4 Å². The number of carboxylic acid groups (broad SMARTS) is 1. The Morgan fingerprint density at radius 1 is 0.867 bits per heavy atom. The van der Waals surface area contributed by atoms with Crippen molar-refractivity contribution in [3.63, 3.8) is 0 Å². The number of aliphatic carboxylic acids is 1. The normalized spacial score (nSPS) is 11.7. The van der Waals surface area contributed by atoms with E-state index in [0.29, 0.717) is 25.7 Å². The molecular formula is C10H20O5. The van der Waals surface area contributed by atoms with Crippen LogP contribution in [0.15, 0.2) is 0 Å². The molecule has 0 unspecified atom stereocenters. The Morgan fingerprint density at radius 2 is 1.27 bits per heavy atom. The highest BCUT2D eigenvalue weighted by Crippen LogP contribution is 2.35. The highest BCUT2D eigenvalue weighted by Gasteiger charge is 2.29. The van der Waals surface area contributed by atoms with Gasteiger partial charge in [-0.05, 0) is 31.1 Å². The summed E-state index contributed by atoms with van der Waals surface area (Å²) in [6, 6.07) is 0. The predicted molar refractivity (Wildman–Crippen MR) is 54.4 cm³/mol. The van der Waals surface area contributed by atoms with Crippen molar-refractivity contribution in [3.8, 4) is 0 Å². The monoisotopic (exact) mass is 220 g/mol. The van der Waals surface area contributed by atoms with E-state index < -0.39 is 11.4 Å². The van der Waals surface area contributed by atoms with Crippen LogP contribution in [0, 0.1) is 5.41 Å². The highest BCUT2D eigenvalue weighted by atomic mass is 16.4. The first-order chi connectivity index (χ1) is 7.10. The van der Waals surface area contributed by atoms with E-state index in [2.05, 4.69) is 0 Å². The topological polar surface area (TPSA) is 98.0 Å². The van der Waals surface area contributed by atoms with Crippen molar-refractivity contribution in [2.75, 3.05) is 19.8 Å². The summed E-state index contributed by atoms with van der Waals surface area (Å²) in [6.07, 6.45) is 1.63. The fourth-order valence-corrected chi connectivity index (χ4v) is 1.83. The molecule has 0 rings (SSSR count). The third-order valence-electron chi connectivity index (χ3n) is 2.80. The third-order valence-corrected chi connectivity index (χ3v) is 2.80. The molecule has 0 aliphatic rings. The molecule has 0 saturated heterocycles. The zero-order chi connectivity index (χ0) is 11.7.